The fourth-order valence-electron chi connectivity index (χ4n) is 2.77. The van der Waals surface area contributed by atoms with Gasteiger partial charge in [0.2, 0.25) is 0 Å². The van der Waals surface area contributed by atoms with Gasteiger partial charge in [-0.05, 0) is 19.3 Å². The molecule has 0 aromatic carbocycles. The summed E-state index contributed by atoms with van der Waals surface area (Å²) in [4.78, 5) is 25.3. The van der Waals surface area contributed by atoms with E-state index in [9.17, 15) is 9.59 Å². The van der Waals surface area contributed by atoms with E-state index in [1.165, 1.54) is 6.42 Å². The minimum atomic E-state index is -0.495. The van der Waals surface area contributed by atoms with Gasteiger partial charge in [-0.25, -0.2) is 4.79 Å². The van der Waals surface area contributed by atoms with Crippen molar-refractivity contribution in [1.82, 2.24) is 10.2 Å². The molecule has 1 spiro atoms. The molecule has 0 radical (unpaired) electrons. The molecule has 0 aromatic heterocycles. The van der Waals surface area contributed by atoms with Gasteiger partial charge >= 0.3 is 6.03 Å². The Morgan fingerprint density at radius 2 is 1.93 bits per heavy atom. The first-order valence-electron chi connectivity index (χ1n) is 5.84. The van der Waals surface area contributed by atoms with Crippen LogP contribution in [0.5, 0.6) is 0 Å². The molecule has 0 aromatic rings. The number of hydrogen-bond donors (Lipinski definition) is 1. The Bertz CT molecular complexity index is 282. The molecule has 1 aliphatic heterocycles. The quantitative estimate of drug-likeness (QED) is 0.704. The molecule has 15 heavy (non-hydrogen) atoms. The maximum atomic E-state index is 11.9. The van der Waals surface area contributed by atoms with Gasteiger partial charge in [-0.2, -0.15) is 0 Å². The molecular weight excluding hydrogens is 192 g/mol. The molecule has 4 heteroatoms. The van der Waals surface area contributed by atoms with Crippen molar-refractivity contribution < 1.29 is 9.59 Å². The van der Waals surface area contributed by atoms with Crippen LogP contribution in [0.3, 0.4) is 0 Å². The van der Waals surface area contributed by atoms with E-state index >= 15 is 0 Å². The second-order valence-electron chi connectivity index (χ2n) is 4.50. The first kappa shape index (κ1) is 10.5. The Morgan fingerprint density at radius 3 is 2.53 bits per heavy atom. The van der Waals surface area contributed by atoms with E-state index in [1.807, 2.05) is 6.92 Å². The van der Waals surface area contributed by atoms with Gasteiger partial charge in [-0.3, -0.25) is 10.1 Å². The highest BCUT2D eigenvalue weighted by molar-refractivity contribution is 6.07. The number of hydrogen-bond acceptors (Lipinski definition) is 2. The Hall–Kier alpha value is -1.06. The fourth-order valence-corrected chi connectivity index (χ4v) is 2.77. The van der Waals surface area contributed by atoms with Crippen LogP contribution in [0.15, 0.2) is 0 Å². The van der Waals surface area contributed by atoms with E-state index < -0.39 is 5.54 Å². The largest absolute Gasteiger partial charge is 0.325 e. The number of rotatable bonds is 2. The van der Waals surface area contributed by atoms with Crippen molar-refractivity contribution in [2.45, 2.75) is 51.0 Å². The van der Waals surface area contributed by atoms with Gasteiger partial charge in [0.15, 0.2) is 0 Å². The molecule has 1 saturated carbocycles. The van der Waals surface area contributed by atoms with Crippen LogP contribution in [0, 0.1) is 0 Å². The van der Waals surface area contributed by atoms with E-state index in [2.05, 4.69) is 5.32 Å². The lowest BCUT2D eigenvalue weighted by Crippen LogP contribution is -2.51. The monoisotopic (exact) mass is 210 g/mol. The molecule has 0 unspecified atom stereocenters. The zero-order chi connectivity index (χ0) is 10.9. The predicted molar refractivity (Wildman–Crippen MR) is 56.4 cm³/mol. The average Bonchev–Trinajstić information content (AvgIpc) is 2.45. The maximum Gasteiger partial charge on any atom is 0.325 e. The SMILES string of the molecule is CCCN1C(=O)NC(=O)C12CCCCC2. The van der Waals surface area contributed by atoms with Crippen LogP contribution in [-0.4, -0.2) is 28.9 Å². The molecule has 1 saturated heterocycles. The second-order valence-corrected chi connectivity index (χ2v) is 4.50. The minimum absolute atomic E-state index is 0.0688. The standard InChI is InChI=1S/C11H18N2O2/c1-2-8-13-10(15)12-9(14)11(13)6-4-3-5-7-11/h2-8H2,1H3,(H,12,14,15). The topological polar surface area (TPSA) is 49.4 Å². The third kappa shape index (κ3) is 1.52. The summed E-state index contributed by atoms with van der Waals surface area (Å²) in [6.45, 7) is 2.73. The van der Waals surface area contributed by atoms with Crippen molar-refractivity contribution in [3.63, 3.8) is 0 Å². The Morgan fingerprint density at radius 1 is 1.27 bits per heavy atom. The van der Waals surface area contributed by atoms with Crippen molar-refractivity contribution >= 4 is 11.9 Å². The number of carbonyl (C=O) groups excluding carboxylic acids is 2. The highest BCUT2D eigenvalue weighted by Gasteiger charge is 2.52. The summed E-state index contributed by atoms with van der Waals surface area (Å²) in [6, 6.07) is -0.191. The fraction of sp³-hybridized carbons (Fsp3) is 0.818. The molecule has 2 aliphatic rings. The summed E-state index contributed by atoms with van der Waals surface area (Å²) >= 11 is 0. The summed E-state index contributed by atoms with van der Waals surface area (Å²) in [5, 5.41) is 2.46. The number of nitrogens with one attached hydrogen (secondary N) is 1. The van der Waals surface area contributed by atoms with Gasteiger partial charge in [0.1, 0.15) is 5.54 Å². The van der Waals surface area contributed by atoms with Crippen molar-refractivity contribution in [2.75, 3.05) is 6.54 Å². The van der Waals surface area contributed by atoms with Crippen molar-refractivity contribution in [3.8, 4) is 0 Å². The van der Waals surface area contributed by atoms with E-state index in [1.54, 1.807) is 4.90 Å². The molecular formula is C11H18N2O2. The average molecular weight is 210 g/mol. The minimum Gasteiger partial charge on any atom is -0.310 e. The summed E-state index contributed by atoms with van der Waals surface area (Å²) < 4.78 is 0. The highest BCUT2D eigenvalue weighted by atomic mass is 16.2. The molecule has 0 bridgehead atoms. The van der Waals surface area contributed by atoms with Crippen LogP contribution >= 0.6 is 0 Å². The third-order valence-corrected chi connectivity index (χ3v) is 3.53. The lowest BCUT2D eigenvalue weighted by molar-refractivity contribution is -0.128. The lowest BCUT2D eigenvalue weighted by Gasteiger charge is -2.38. The second kappa shape index (κ2) is 3.83. The van der Waals surface area contributed by atoms with Crippen LogP contribution in [0.4, 0.5) is 4.79 Å². The van der Waals surface area contributed by atoms with Crippen LogP contribution in [0.25, 0.3) is 0 Å². The molecule has 2 rings (SSSR count). The Kier molecular flexibility index (Phi) is 2.67. The van der Waals surface area contributed by atoms with E-state index in [-0.39, 0.29) is 11.9 Å². The van der Waals surface area contributed by atoms with Crippen LogP contribution < -0.4 is 5.32 Å². The number of imide groups is 1. The van der Waals surface area contributed by atoms with E-state index in [0.29, 0.717) is 6.54 Å². The van der Waals surface area contributed by atoms with E-state index in [4.69, 9.17) is 0 Å². The molecule has 84 valence electrons. The number of urea groups is 1. The first-order valence-corrected chi connectivity index (χ1v) is 5.84. The summed E-state index contributed by atoms with van der Waals surface area (Å²) in [7, 11) is 0. The maximum absolute atomic E-state index is 11.9. The van der Waals surface area contributed by atoms with Crippen molar-refractivity contribution in [2.24, 2.45) is 0 Å². The summed E-state index contributed by atoms with van der Waals surface area (Å²) in [5.74, 6) is -0.0688. The van der Waals surface area contributed by atoms with Gasteiger partial charge in [-0.1, -0.05) is 26.2 Å². The smallest absolute Gasteiger partial charge is 0.310 e. The molecule has 1 aliphatic carbocycles. The van der Waals surface area contributed by atoms with Crippen LogP contribution in [0.1, 0.15) is 45.4 Å². The predicted octanol–water partition coefficient (Wildman–Crippen LogP) is 1.65. The number of nitrogens with zero attached hydrogens (tertiary/aromatic N) is 1. The van der Waals surface area contributed by atoms with Crippen LogP contribution in [0.2, 0.25) is 0 Å². The van der Waals surface area contributed by atoms with E-state index in [0.717, 1.165) is 32.1 Å². The summed E-state index contributed by atoms with van der Waals surface area (Å²) in [6.07, 6.45) is 5.88. The first-order chi connectivity index (χ1) is 7.20. The number of amides is 3. The van der Waals surface area contributed by atoms with Crippen LogP contribution in [-0.2, 0) is 4.79 Å². The zero-order valence-corrected chi connectivity index (χ0v) is 9.21. The molecule has 1 heterocycles. The molecule has 1 N–H and O–H groups in total. The van der Waals surface area contributed by atoms with Gasteiger partial charge in [-0.15, -0.1) is 0 Å². The zero-order valence-electron chi connectivity index (χ0n) is 9.21. The number of carbonyl (C=O) groups is 2. The summed E-state index contributed by atoms with van der Waals surface area (Å²) in [5.41, 5.74) is -0.495. The Labute approximate surface area is 90.0 Å². The van der Waals surface area contributed by atoms with Gasteiger partial charge in [0.25, 0.3) is 5.91 Å². The normalized spacial score (nSPS) is 24.7. The van der Waals surface area contributed by atoms with Crippen molar-refractivity contribution in [3.05, 3.63) is 0 Å². The van der Waals surface area contributed by atoms with Gasteiger partial charge in [0, 0.05) is 6.54 Å². The van der Waals surface area contributed by atoms with Crippen molar-refractivity contribution in [1.29, 1.82) is 0 Å². The van der Waals surface area contributed by atoms with Gasteiger partial charge in [0.05, 0.1) is 0 Å². The third-order valence-electron chi connectivity index (χ3n) is 3.53. The lowest BCUT2D eigenvalue weighted by atomic mass is 9.80. The highest BCUT2D eigenvalue weighted by Crippen LogP contribution is 2.36. The molecule has 4 nitrogen and oxygen atoms in total. The molecule has 0 atom stereocenters. The Balaban J connectivity index is 2.24. The van der Waals surface area contributed by atoms with Gasteiger partial charge < -0.3 is 4.90 Å². The molecule has 2 fully saturated rings. The molecule has 3 amide bonds.